The molecule has 6 nitrogen and oxygen atoms in total. The molecule has 3 rings (SSSR count). The van der Waals surface area contributed by atoms with E-state index in [9.17, 15) is 8.42 Å². The third-order valence-corrected chi connectivity index (χ3v) is 4.65. The zero-order chi connectivity index (χ0) is 11.2. The van der Waals surface area contributed by atoms with Crippen molar-refractivity contribution in [3.8, 4) is 0 Å². The average Bonchev–Trinajstić information content (AvgIpc) is 2.94. The lowest BCUT2D eigenvalue weighted by Gasteiger charge is -2.19. The van der Waals surface area contributed by atoms with Crippen LogP contribution in [0.3, 0.4) is 0 Å². The zero-order valence-electron chi connectivity index (χ0n) is 8.59. The zero-order valence-corrected chi connectivity index (χ0v) is 9.40. The molecule has 3 atom stereocenters. The Kier molecular flexibility index (Phi) is 2.27. The summed E-state index contributed by atoms with van der Waals surface area (Å²) in [4.78, 5) is 0.176. The van der Waals surface area contributed by atoms with Crippen molar-refractivity contribution >= 4 is 10.0 Å². The van der Waals surface area contributed by atoms with Gasteiger partial charge in [0.1, 0.15) is 4.90 Å². The van der Waals surface area contributed by atoms with Crippen LogP contribution in [0.4, 0.5) is 0 Å². The van der Waals surface area contributed by atoms with E-state index < -0.39 is 10.0 Å². The van der Waals surface area contributed by atoms with E-state index in [0.29, 0.717) is 0 Å². The van der Waals surface area contributed by atoms with Gasteiger partial charge in [-0.1, -0.05) is 0 Å². The summed E-state index contributed by atoms with van der Waals surface area (Å²) in [5, 5.41) is 6.13. The van der Waals surface area contributed by atoms with Gasteiger partial charge in [-0.2, -0.15) is 5.10 Å². The maximum absolute atomic E-state index is 11.9. The van der Waals surface area contributed by atoms with Gasteiger partial charge in [0.2, 0.25) is 10.0 Å². The minimum atomic E-state index is -3.45. The Balaban J connectivity index is 1.76. The smallest absolute Gasteiger partial charge is 0.244 e. The molecule has 0 aliphatic carbocycles. The van der Waals surface area contributed by atoms with Crippen molar-refractivity contribution in [2.24, 2.45) is 0 Å². The first kappa shape index (κ1) is 10.2. The topological polar surface area (TPSA) is 84.1 Å². The molecule has 2 fully saturated rings. The van der Waals surface area contributed by atoms with Gasteiger partial charge in [-0.05, 0) is 19.3 Å². The van der Waals surface area contributed by atoms with Crippen molar-refractivity contribution in [1.82, 2.24) is 14.9 Å². The molecule has 3 unspecified atom stereocenters. The van der Waals surface area contributed by atoms with Gasteiger partial charge in [-0.15, -0.1) is 0 Å². The first-order valence-electron chi connectivity index (χ1n) is 5.32. The molecule has 16 heavy (non-hydrogen) atoms. The van der Waals surface area contributed by atoms with Crippen LogP contribution < -0.4 is 4.72 Å². The summed E-state index contributed by atoms with van der Waals surface area (Å²) in [6.45, 7) is 0. The second-order valence-electron chi connectivity index (χ2n) is 4.27. The normalized spacial score (nSPS) is 33.4. The summed E-state index contributed by atoms with van der Waals surface area (Å²) < 4.78 is 32.1. The number of aromatic amines is 1. The van der Waals surface area contributed by atoms with Gasteiger partial charge in [0.25, 0.3) is 0 Å². The Labute approximate surface area is 93.4 Å². The molecular weight excluding hydrogens is 230 g/mol. The number of hydrogen-bond acceptors (Lipinski definition) is 4. The van der Waals surface area contributed by atoms with E-state index in [1.807, 2.05) is 0 Å². The van der Waals surface area contributed by atoms with Crippen molar-refractivity contribution in [2.75, 3.05) is 0 Å². The molecule has 0 saturated carbocycles. The molecule has 0 aromatic carbocycles. The van der Waals surface area contributed by atoms with E-state index in [-0.39, 0.29) is 23.1 Å². The summed E-state index contributed by atoms with van der Waals surface area (Å²) in [7, 11) is -3.45. The summed E-state index contributed by atoms with van der Waals surface area (Å²) in [6, 6.07) is -0.0846. The second kappa shape index (κ2) is 3.54. The van der Waals surface area contributed by atoms with Crippen molar-refractivity contribution in [2.45, 2.75) is 42.4 Å². The molecule has 2 N–H and O–H groups in total. The van der Waals surface area contributed by atoms with Crippen LogP contribution in [0.2, 0.25) is 0 Å². The Morgan fingerprint density at radius 2 is 2.38 bits per heavy atom. The predicted octanol–water partition coefficient (Wildman–Crippen LogP) is 0.00790. The Morgan fingerprint density at radius 3 is 2.94 bits per heavy atom. The molecule has 88 valence electrons. The van der Waals surface area contributed by atoms with Crippen LogP contribution in [-0.2, 0) is 14.8 Å². The number of ether oxygens (including phenoxy) is 1. The number of fused-ring (bicyclic) bond motifs is 2. The highest BCUT2D eigenvalue weighted by molar-refractivity contribution is 7.89. The van der Waals surface area contributed by atoms with Gasteiger partial charge >= 0.3 is 0 Å². The molecule has 0 amide bonds. The number of nitrogens with one attached hydrogen (secondary N) is 2. The molecule has 3 heterocycles. The molecule has 2 aliphatic heterocycles. The Bertz CT molecular complexity index is 470. The van der Waals surface area contributed by atoms with Crippen LogP contribution in [0.15, 0.2) is 17.3 Å². The molecule has 0 spiro atoms. The van der Waals surface area contributed by atoms with Gasteiger partial charge in [-0.25, -0.2) is 13.1 Å². The summed E-state index contributed by atoms with van der Waals surface area (Å²) in [5.74, 6) is 0. The molecule has 2 saturated heterocycles. The molecule has 2 bridgehead atoms. The molecule has 1 aromatic heterocycles. The number of aromatic nitrogens is 2. The third-order valence-electron chi connectivity index (χ3n) is 3.20. The fourth-order valence-corrected chi connectivity index (χ4v) is 3.60. The lowest BCUT2D eigenvalue weighted by atomic mass is 9.96. The molecule has 0 radical (unpaired) electrons. The number of sulfonamides is 1. The van der Waals surface area contributed by atoms with Crippen molar-refractivity contribution < 1.29 is 13.2 Å². The monoisotopic (exact) mass is 243 g/mol. The van der Waals surface area contributed by atoms with Gasteiger partial charge in [0.15, 0.2) is 0 Å². The predicted molar refractivity (Wildman–Crippen MR) is 55.2 cm³/mol. The lowest BCUT2D eigenvalue weighted by molar-refractivity contribution is 0.0996. The Hall–Kier alpha value is -0.920. The van der Waals surface area contributed by atoms with Crippen LogP contribution in [0, 0.1) is 0 Å². The maximum atomic E-state index is 11.9. The van der Waals surface area contributed by atoms with Crippen molar-refractivity contribution in [3.05, 3.63) is 12.4 Å². The van der Waals surface area contributed by atoms with E-state index >= 15 is 0 Å². The lowest BCUT2D eigenvalue weighted by Crippen LogP contribution is -2.41. The van der Waals surface area contributed by atoms with Crippen LogP contribution in [-0.4, -0.2) is 36.9 Å². The number of H-pyrrole nitrogens is 1. The standard InChI is InChI=1S/C9H13N3O3S/c13-16(14,7-4-10-11-5-7)12-8-3-6-1-2-9(8)15-6/h4-6,8-9,12H,1-3H2,(H,10,11). The molecule has 7 heteroatoms. The second-order valence-corrected chi connectivity index (χ2v) is 5.99. The SMILES string of the molecule is O=S(=O)(NC1CC2CCC1O2)c1cn[nH]c1. The van der Waals surface area contributed by atoms with Crippen molar-refractivity contribution in [3.63, 3.8) is 0 Å². The van der Waals surface area contributed by atoms with Gasteiger partial charge in [0.05, 0.1) is 24.4 Å². The van der Waals surface area contributed by atoms with Crippen LogP contribution in [0.5, 0.6) is 0 Å². The third kappa shape index (κ3) is 1.64. The minimum Gasteiger partial charge on any atom is -0.373 e. The minimum absolute atomic E-state index is 0.0478. The van der Waals surface area contributed by atoms with E-state index in [1.54, 1.807) is 0 Å². The van der Waals surface area contributed by atoms with E-state index in [1.165, 1.54) is 12.4 Å². The highest BCUT2D eigenvalue weighted by Gasteiger charge is 2.42. The maximum Gasteiger partial charge on any atom is 0.244 e. The van der Waals surface area contributed by atoms with E-state index in [0.717, 1.165) is 19.3 Å². The highest BCUT2D eigenvalue weighted by Crippen LogP contribution is 2.34. The van der Waals surface area contributed by atoms with Gasteiger partial charge < -0.3 is 4.74 Å². The first-order valence-corrected chi connectivity index (χ1v) is 6.80. The van der Waals surface area contributed by atoms with Crippen molar-refractivity contribution in [1.29, 1.82) is 0 Å². The number of nitrogens with zero attached hydrogens (tertiary/aromatic N) is 1. The van der Waals surface area contributed by atoms with Gasteiger partial charge in [0, 0.05) is 6.20 Å². The summed E-state index contributed by atoms with van der Waals surface area (Å²) in [5.41, 5.74) is 0. The number of rotatable bonds is 3. The fourth-order valence-electron chi connectivity index (χ4n) is 2.42. The van der Waals surface area contributed by atoms with E-state index in [4.69, 9.17) is 4.74 Å². The van der Waals surface area contributed by atoms with Gasteiger partial charge in [-0.3, -0.25) is 5.10 Å². The first-order chi connectivity index (χ1) is 7.65. The molecule has 2 aliphatic rings. The highest BCUT2D eigenvalue weighted by atomic mass is 32.2. The quantitative estimate of drug-likeness (QED) is 0.783. The van der Waals surface area contributed by atoms with Crippen LogP contribution >= 0.6 is 0 Å². The Morgan fingerprint density at radius 1 is 1.50 bits per heavy atom. The van der Waals surface area contributed by atoms with Crippen LogP contribution in [0.1, 0.15) is 19.3 Å². The average molecular weight is 243 g/mol. The summed E-state index contributed by atoms with van der Waals surface area (Å²) in [6.07, 6.45) is 5.74. The molecular formula is C9H13N3O3S. The largest absolute Gasteiger partial charge is 0.373 e. The summed E-state index contributed by atoms with van der Waals surface area (Å²) >= 11 is 0. The number of hydrogen-bond donors (Lipinski definition) is 2. The van der Waals surface area contributed by atoms with E-state index in [2.05, 4.69) is 14.9 Å². The molecule has 1 aromatic rings. The van der Waals surface area contributed by atoms with Crippen LogP contribution in [0.25, 0.3) is 0 Å². The fraction of sp³-hybridized carbons (Fsp3) is 0.667.